The third-order valence-corrected chi connectivity index (χ3v) is 7.73. The SMILES string of the molecule is O=C(Cn1c(=O)n(C2CCOc3c(F)cccc32)c2nc(-n3cnc4ccc(F)cc43)ncc21)N1CCCCC1. The predicted octanol–water partition coefficient (Wildman–Crippen LogP) is 3.59. The molecule has 3 aromatic heterocycles. The monoisotopic (exact) mass is 545 g/mol. The third-order valence-electron chi connectivity index (χ3n) is 7.73. The average molecular weight is 546 g/mol. The van der Waals surface area contributed by atoms with E-state index in [1.807, 2.05) is 0 Å². The Labute approximate surface area is 226 Å². The first kappa shape index (κ1) is 24.4. The topological polar surface area (TPSA) is 100 Å². The second-order valence-electron chi connectivity index (χ2n) is 10.1. The van der Waals surface area contributed by atoms with Gasteiger partial charge in [0.25, 0.3) is 0 Å². The van der Waals surface area contributed by atoms with E-state index in [9.17, 15) is 18.4 Å². The average Bonchev–Trinajstić information content (AvgIpc) is 3.51. The number of aromatic nitrogens is 6. The molecule has 2 aliphatic heterocycles. The molecule has 0 saturated carbocycles. The minimum absolute atomic E-state index is 0.0984. The smallest absolute Gasteiger partial charge is 0.331 e. The summed E-state index contributed by atoms with van der Waals surface area (Å²) in [6.45, 7) is 1.35. The van der Waals surface area contributed by atoms with E-state index in [0.29, 0.717) is 41.6 Å². The fraction of sp³-hybridized carbons (Fsp3) is 0.321. The van der Waals surface area contributed by atoms with E-state index < -0.39 is 23.4 Å². The molecule has 2 aliphatic rings. The number of hydrogen-bond donors (Lipinski definition) is 0. The zero-order valence-electron chi connectivity index (χ0n) is 21.5. The highest BCUT2D eigenvalue weighted by Gasteiger charge is 2.31. The number of ether oxygens (including phenoxy) is 1. The standard InChI is InChI=1S/C28H25F2N7O3/c29-17-7-8-20-22(13-17)36(16-32-20)27-31-14-23-26(33-27)37(21-9-12-40-25-18(21)5-4-6-19(25)30)28(39)35(23)15-24(38)34-10-2-1-3-11-34/h4-8,13-14,16,21H,1-3,9-12,15H2. The van der Waals surface area contributed by atoms with Gasteiger partial charge in [0.05, 0.1) is 29.9 Å². The zero-order valence-corrected chi connectivity index (χ0v) is 21.5. The van der Waals surface area contributed by atoms with Gasteiger partial charge in [-0.15, -0.1) is 0 Å². The molecule has 5 heterocycles. The lowest BCUT2D eigenvalue weighted by Crippen LogP contribution is -2.40. The number of amides is 1. The summed E-state index contributed by atoms with van der Waals surface area (Å²) < 4.78 is 38.7. The summed E-state index contributed by atoms with van der Waals surface area (Å²) in [5, 5.41) is 0. The van der Waals surface area contributed by atoms with Gasteiger partial charge in [0, 0.05) is 31.1 Å². The van der Waals surface area contributed by atoms with Gasteiger partial charge in [-0.3, -0.25) is 18.5 Å². The molecular weight excluding hydrogens is 520 g/mol. The van der Waals surface area contributed by atoms with Crippen molar-refractivity contribution in [2.24, 2.45) is 0 Å². The number of hydrogen-bond acceptors (Lipinski definition) is 6. The van der Waals surface area contributed by atoms with Crippen molar-refractivity contribution in [3.05, 3.63) is 76.6 Å². The lowest BCUT2D eigenvalue weighted by Gasteiger charge is -2.27. The first-order valence-electron chi connectivity index (χ1n) is 13.3. The number of para-hydroxylation sites is 1. The van der Waals surface area contributed by atoms with Gasteiger partial charge in [0.15, 0.2) is 17.2 Å². The number of carbonyl (C=O) groups is 1. The van der Waals surface area contributed by atoms with Gasteiger partial charge in [-0.25, -0.2) is 23.5 Å². The fourth-order valence-corrected chi connectivity index (χ4v) is 5.75. The number of carbonyl (C=O) groups excluding carboxylic acids is 1. The van der Waals surface area contributed by atoms with Gasteiger partial charge in [0.1, 0.15) is 24.2 Å². The summed E-state index contributed by atoms with van der Waals surface area (Å²) in [6.07, 6.45) is 6.32. The summed E-state index contributed by atoms with van der Waals surface area (Å²) in [7, 11) is 0. The molecule has 1 unspecified atom stereocenters. The van der Waals surface area contributed by atoms with Crippen molar-refractivity contribution in [1.29, 1.82) is 0 Å². The van der Waals surface area contributed by atoms with Crippen molar-refractivity contribution in [3.63, 3.8) is 0 Å². The van der Waals surface area contributed by atoms with E-state index in [-0.39, 0.29) is 36.4 Å². The molecular formula is C28H25F2N7O3. The molecule has 0 radical (unpaired) electrons. The number of piperidine rings is 1. The Morgan fingerprint density at radius 3 is 2.75 bits per heavy atom. The highest BCUT2D eigenvalue weighted by Crippen LogP contribution is 2.37. The Kier molecular flexibility index (Phi) is 5.83. The first-order chi connectivity index (χ1) is 19.5. The van der Waals surface area contributed by atoms with Gasteiger partial charge in [-0.05, 0) is 37.5 Å². The molecule has 204 valence electrons. The normalized spacial score (nSPS) is 17.2. The number of likely N-dealkylation sites (tertiary alicyclic amines) is 1. The second-order valence-corrected chi connectivity index (χ2v) is 10.1. The molecule has 0 spiro atoms. The van der Waals surface area contributed by atoms with Crippen molar-refractivity contribution in [2.75, 3.05) is 19.7 Å². The van der Waals surface area contributed by atoms with Crippen LogP contribution in [-0.4, -0.2) is 59.2 Å². The van der Waals surface area contributed by atoms with Crippen LogP contribution in [0.15, 0.2) is 53.7 Å². The van der Waals surface area contributed by atoms with E-state index in [1.165, 1.54) is 39.9 Å². The van der Waals surface area contributed by atoms with Crippen molar-refractivity contribution in [1.82, 2.24) is 33.6 Å². The molecule has 7 rings (SSSR count). The summed E-state index contributed by atoms with van der Waals surface area (Å²) in [6, 6.07) is 8.25. The lowest BCUT2D eigenvalue weighted by molar-refractivity contribution is -0.132. The Morgan fingerprint density at radius 1 is 1.05 bits per heavy atom. The Hall–Kier alpha value is -4.61. The molecule has 0 N–H and O–H groups in total. The van der Waals surface area contributed by atoms with Crippen LogP contribution < -0.4 is 10.4 Å². The van der Waals surface area contributed by atoms with Crippen LogP contribution in [0.1, 0.15) is 37.3 Å². The number of rotatable bonds is 4. The number of imidazole rings is 2. The van der Waals surface area contributed by atoms with Crippen LogP contribution in [0.3, 0.4) is 0 Å². The molecule has 40 heavy (non-hydrogen) atoms. The highest BCUT2D eigenvalue weighted by molar-refractivity contribution is 5.80. The summed E-state index contributed by atoms with van der Waals surface area (Å²) >= 11 is 0. The minimum Gasteiger partial charge on any atom is -0.490 e. The minimum atomic E-state index is -0.583. The van der Waals surface area contributed by atoms with Gasteiger partial charge >= 0.3 is 5.69 Å². The van der Waals surface area contributed by atoms with Crippen molar-refractivity contribution in [3.8, 4) is 11.7 Å². The number of benzene rings is 2. The largest absolute Gasteiger partial charge is 0.490 e. The maximum Gasteiger partial charge on any atom is 0.331 e. The maximum absolute atomic E-state index is 14.7. The lowest BCUT2D eigenvalue weighted by atomic mass is 10.00. The van der Waals surface area contributed by atoms with Crippen LogP contribution in [0, 0.1) is 11.6 Å². The number of fused-ring (bicyclic) bond motifs is 3. The van der Waals surface area contributed by atoms with Gasteiger partial charge in [-0.2, -0.15) is 4.98 Å². The van der Waals surface area contributed by atoms with Crippen LogP contribution in [0.5, 0.6) is 5.75 Å². The van der Waals surface area contributed by atoms with Crippen LogP contribution in [0.25, 0.3) is 28.1 Å². The van der Waals surface area contributed by atoms with E-state index in [0.717, 1.165) is 19.3 Å². The quantitative estimate of drug-likeness (QED) is 0.342. The Bertz CT molecular complexity index is 1840. The molecule has 1 fully saturated rings. The maximum atomic E-state index is 14.7. The van der Waals surface area contributed by atoms with E-state index in [1.54, 1.807) is 27.7 Å². The summed E-state index contributed by atoms with van der Waals surface area (Å²) in [4.78, 5) is 42.6. The summed E-state index contributed by atoms with van der Waals surface area (Å²) in [5.41, 5.74) is 1.74. The second kappa shape index (κ2) is 9.54. The van der Waals surface area contributed by atoms with Crippen molar-refractivity contribution < 1.29 is 18.3 Å². The molecule has 12 heteroatoms. The Morgan fingerprint density at radius 2 is 1.90 bits per heavy atom. The molecule has 2 aromatic carbocycles. The van der Waals surface area contributed by atoms with Gasteiger partial charge in [-0.1, -0.05) is 12.1 Å². The molecule has 0 bridgehead atoms. The molecule has 1 amide bonds. The van der Waals surface area contributed by atoms with Gasteiger partial charge in [0.2, 0.25) is 11.9 Å². The molecule has 5 aromatic rings. The summed E-state index contributed by atoms with van der Waals surface area (Å²) in [5.74, 6) is -0.821. The molecule has 1 atom stereocenters. The van der Waals surface area contributed by atoms with Crippen molar-refractivity contribution in [2.45, 2.75) is 38.3 Å². The predicted molar refractivity (Wildman–Crippen MR) is 141 cm³/mol. The molecule has 1 saturated heterocycles. The van der Waals surface area contributed by atoms with Crippen LogP contribution in [-0.2, 0) is 11.3 Å². The Balaban J connectivity index is 1.41. The third kappa shape index (κ3) is 3.93. The van der Waals surface area contributed by atoms with Crippen LogP contribution in [0.2, 0.25) is 0 Å². The van der Waals surface area contributed by atoms with Crippen LogP contribution in [0.4, 0.5) is 8.78 Å². The van der Waals surface area contributed by atoms with E-state index >= 15 is 0 Å². The molecule has 10 nitrogen and oxygen atoms in total. The van der Waals surface area contributed by atoms with E-state index in [4.69, 9.17) is 9.72 Å². The van der Waals surface area contributed by atoms with Crippen LogP contribution >= 0.6 is 0 Å². The fourth-order valence-electron chi connectivity index (χ4n) is 5.75. The number of halogens is 2. The van der Waals surface area contributed by atoms with Gasteiger partial charge < -0.3 is 9.64 Å². The molecule has 0 aliphatic carbocycles. The highest BCUT2D eigenvalue weighted by atomic mass is 19.1. The number of nitrogens with zero attached hydrogens (tertiary/aromatic N) is 7. The zero-order chi connectivity index (χ0) is 27.4. The van der Waals surface area contributed by atoms with E-state index in [2.05, 4.69) is 9.97 Å². The first-order valence-corrected chi connectivity index (χ1v) is 13.3. The van der Waals surface area contributed by atoms with Crippen molar-refractivity contribution >= 4 is 28.1 Å².